The molecule has 0 aliphatic rings. The Morgan fingerprint density at radius 2 is 2.27 bits per heavy atom. The zero-order valence-corrected chi connectivity index (χ0v) is 8.96. The quantitative estimate of drug-likeness (QED) is 0.821. The molecule has 2 aromatic rings. The lowest BCUT2D eigenvalue weighted by molar-refractivity contribution is 0.199. The van der Waals surface area contributed by atoms with Crippen molar-refractivity contribution in [3.63, 3.8) is 0 Å². The predicted molar refractivity (Wildman–Crippen MR) is 57.4 cm³/mol. The maximum absolute atomic E-state index is 9.38. The van der Waals surface area contributed by atoms with Gasteiger partial charge in [-0.05, 0) is 18.6 Å². The minimum absolute atomic E-state index is 0.410. The van der Waals surface area contributed by atoms with E-state index in [0.29, 0.717) is 0 Å². The number of aryl methyl sites for hydroxylation is 1. The highest BCUT2D eigenvalue weighted by atomic mass is 16.3. The Kier molecular flexibility index (Phi) is 2.60. The number of aliphatic hydroxyl groups is 1. The number of hydrogen-bond donors (Lipinski definition) is 1. The van der Waals surface area contributed by atoms with Gasteiger partial charge in [-0.1, -0.05) is 0 Å². The van der Waals surface area contributed by atoms with Crippen molar-refractivity contribution in [2.45, 2.75) is 19.6 Å². The van der Waals surface area contributed by atoms with E-state index in [9.17, 15) is 5.11 Å². The van der Waals surface area contributed by atoms with Crippen molar-refractivity contribution in [3.8, 4) is 0 Å². The lowest BCUT2D eigenvalue weighted by atomic mass is 10.2. The molecule has 0 spiro atoms. The number of hydrogen-bond acceptors (Lipinski definition) is 2. The van der Waals surface area contributed by atoms with Crippen molar-refractivity contribution in [2.75, 3.05) is 0 Å². The molecule has 0 aliphatic heterocycles. The number of aliphatic hydroxyl groups excluding tert-OH is 1. The maximum atomic E-state index is 9.38. The van der Waals surface area contributed by atoms with Crippen molar-refractivity contribution < 1.29 is 5.11 Å². The average Bonchev–Trinajstić information content (AvgIpc) is 2.77. The number of aromatic nitrogens is 3. The van der Waals surface area contributed by atoms with Crippen LogP contribution < -0.4 is 0 Å². The molecule has 15 heavy (non-hydrogen) atoms. The van der Waals surface area contributed by atoms with Crippen LogP contribution in [0.4, 0.5) is 0 Å². The molecule has 4 heteroatoms. The molecule has 2 rings (SSSR count). The molecule has 0 radical (unpaired) electrons. The molecule has 0 amide bonds. The lowest BCUT2D eigenvalue weighted by Crippen LogP contribution is -2.03. The Bertz CT molecular complexity index is 442. The van der Waals surface area contributed by atoms with Gasteiger partial charge in [-0.25, -0.2) is 4.98 Å². The van der Waals surface area contributed by atoms with Crippen LogP contribution in [-0.4, -0.2) is 19.2 Å². The maximum Gasteiger partial charge on any atom is 0.128 e. The summed E-state index contributed by atoms with van der Waals surface area (Å²) in [4.78, 5) is 4.24. The first-order valence-electron chi connectivity index (χ1n) is 4.97. The van der Waals surface area contributed by atoms with Crippen LogP contribution in [0, 0.1) is 0 Å². The van der Waals surface area contributed by atoms with Gasteiger partial charge in [0.15, 0.2) is 0 Å². The number of imidazole rings is 1. The Hall–Kier alpha value is -1.55. The van der Waals surface area contributed by atoms with Gasteiger partial charge in [0.1, 0.15) is 5.82 Å². The van der Waals surface area contributed by atoms with Crippen LogP contribution >= 0.6 is 0 Å². The summed E-state index contributed by atoms with van der Waals surface area (Å²) in [5.41, 5.74) is 0.934. The second-order valence-corrected chi connectivity index (χ2v) is 3.75. The highest BCUT2D eigenvalue weighted by Crippen LogP contribution is 2.12. The van der Waals surface area contributed by atoms with Crippen molar-refractivity contribution in [3.05, 3.63) is 42.2 Å². The molecule has 0 saturated heterocycles. The topological polar surface area (TPSA) is 43.0 Å². The first-order valence-corrected chi connectivity index (χ1v) is 4.97. The van der Waals surface area contributed by atoms with E-state index in [4.69, 9.17) is 0 Å². The average molecular weight is 205 g/mol. The van der Waals surface area contributed by atoms with Crippen molar-refractivity contribution in [1.82, 2.24) is 14.1 Å². The van der Waals surface area contributed by atoms with Crippen LogP contribution in [0.1, 0.15) is 24.4 Å². The summed E-state index contributed by atoms with van der Waals surface area (Å²) in [5, 5.41) is 9.38. The zero-order valence-electron chi connectivity index (χ0n) is 8.96. The van der Waals surface area contributed by atoms with Crippen LogP contribution in [0.5, 0.6) is 0 Å². The smallest absolute Gasteiger partial charge is 0.128 e. The van der Waals surface area contributed by atoms with Gasteiger partial charge in [-0.15, -0.1) is 0 Å². The molecule has 0 saturated carbocycles. The monoisotopic (exact) mass is 205 g/mol. The minimum atomic E-state index is -0.410. The van der Waals surface area contributed by atoms with Gasteiger partial charge in [0, 0.05) is 31.8 Å². The van der Waals surface area contributed by atoms with Gasteiger partial charge in [0.2, 0.25) is 0 Å². The van der Waals surface area contributed by atoms with Crippen molar-refractivity contribution in [2.24, 2.45) is 7.05 Å². The first kappa shape index (κ1) is 9.98. The van der Waals surface area contributed by atoms with Crippen LogP contribution in [0.2, 0.25) is 0 Å². The fourth-order valence-electron chi connectivity index (χ4n) is 1.52. The highest BCUT2D eigenvalue weighted by Gasteiger charge is 2.04. The van der Waals surface area contributed by atoms with E-state index >= 15 is 0 Å². The van der Waals surface area contributed by atoms with Crippen molar-refractivity contribution in [1.29, 1.82) is 0 Å². The van der Waals surface area contributed by atoms with Crippen LogP contribution in [0.3, 0.4) is 0 Å². The first-order chi connectivity index (χ1) is 7.16. The fraction of sp³-hybridized carbons (Fsp3) is 0.364. The molecule has 1 N–H and O–H groups in total. The van der Waals surface area contributed by atoms with E-state index in [1.54, 1.807) is 13.1 Å². The Balaban J connectivity index is 2.15. The highest BCUT2D eigenvalue weighted by molar-refractivity contribution is 5.13. The van der Waals surface area contributed by atoms with E-state index in [2.05, 4.69) is 4.98 Å². The van der Waals surface area contributed by atoms with Crippen LogP contribution in [-0.2, 0) is 13.6 Å². The van der Waals surface area contributed by atoms with Gasteiger partial charge in [-0.3, -0.25) is 0 Å². The summed E-state index contributed by atoms with van der Waals surface area (Å²) in [6, 6.07) is 1.92. The Morgan fingerprint density at radius 1 is 1.47 bits per heavy atom. The molecule has 2 aromatic heterocycles. The molecule has 1 unspecified atom stereocenters. The summed E-state index contributed by atoms with van der Waals surface area (Å²) in [5.74, 6) is 1.00. The molecule has 4 nitrogen and oxygen atoms in total. The third kappa shape index (κ3) is 2.10. The third-order valence-corrected chi connectivity index (χ3v) is 2.50. The Labute approximate surface area is 88.8 Å². The summed E-state index contributed by atoms with van der Waals surface area (Å²) in [7, 11) is 1.97. The molecule has 0 aromatic carbocycles. The van der Waals surface area contributed by atoms with E-state index in [-0.39, 0.29) is 0 Å². The standard InChI is InChI=1S/C11H15N3O/c1-9(15)10-3-5-14(7-10)8-11-12-4-6-13(11)2/h3-7,9,15H,8H2,1-2H3. The lowest BCUT2D eigenvalue weighted by Gasteiger charge is -2.03. The van der Waals surface area contributed by atoms with Gasteiger partial charge >= 0.3 is 0 Å². The largest absolute Gasteiger partial charge is 0.389 e. The molecular formula is C11H15N3O. The van der Waals surface area contributed by atoms with Gasteiger partial charge < -0.3 is 14.2 Å². The second-order valence-electron chi connectivity index (χ2n) is 3.75. The van der Waals surface area contributed by atoms with E-state index in [1.807, 2.05) is 40.8 Å². The zero-order chi connectivity index (χ0) is 10.8. The molecule has 1 atom stereocenters. The van der Waals surface area contributed by atoms with Gasteiger partial charge in [-0.2, -0.15) is 0 Å². The van der Waals surface area contributed by atoms with E-state index in [1.165, 1.54) is 0 Å². The Morgan fingerprint density at radius 3 is 2.80 bits per heavy atom. The number of nitrogens with zero attached hydrogens (tertiary/aromatic N) is 3. The SMILES string of the molecule is CC(O)c1ccn(Cc2nccn2C)c1. The molecular weight excluding hydrogens is 190 g/mol. The summed E-state index contributed by atoms with van der Waals surface area (Å²) >= 11 is 0. The normalized spacial score (nSPS) is 13.0. The van der Waals surface area contributed by atoms with Crippen molar-refractivity contribution >= 4 is 0 Å². The molecule has 80 valence electrons. The van der Waals surface area contributed by atoms with Gasteiger partial charge in [0.25, 0.3) is 0 Å². The van der Waals surface area contributed by atoms with E-state index in [0.717, 1.165) is 17.9 Å². The van der Waals surface area contributed by atoms with E-state index < -0.39 is 6.10 Å². The predicted octanol–water partition coefficient (Wildman–Crippen LogP) is 1.32. The van der Waals surface area contributed by atoms with Crippen LogP contribution in [0.25, 0.3) is 0 Å². The van der Waals surface area contributed by atoms with Crippen LogP contribution in [0.15, 0.2) is 30.9 Å². The molecule has 0 bridgehead atoms. The number of rotatable bonds is 3. The molecule has 0 aliphatic carbocycles. The molecule has 2 heterocycles. The minimum Gasteiger partial charge on any atom is -0.389 e. The third-order valence-electron chi connectivity index (χ3n) is 2.50. The fourth-order valence-corrected chi connectivity index (χ4v) is 1.52. The summed E-state index contributed by atoms with van der Waals surface area (Å²) in [6.07, 6.45) is 7.20. The molecule has 0 fully saturated rings. The summed E-state index contributed by atoms with van der Waals surface area (Å²) < 4.78 is 4.01. The summed E-state index contributed by atoms with van der Waals surface area (Å²) in [6.45, 7) is 2.50. The van der Waals surface area contributed by atoms with Gasteiger partial charge in [0.05, 0.1) is 12.6 Å². The second kappa shape index (κ2) is 3.90.